The van der Waals surface area contributed by atoms with Crippen molar-refractivity contribution in [2.45, 2.75) is 63.3 Å². The monoisotopic (exact) mass is 256 g/mol. The maximum absolute atomic E-state index is 3.70. The Hall–Kier alpha value is 0.270. The third kappa shape index (κ3) is 4.46. The van der Waals surface area contributed by atoms with Crippen molar-refractivity contribution in [2.24, 2.45) is 0 Å². The largest absolute Gasteiger partial charge is 0.312 e. The smallest absolute Gasteiger partial charge is 0.0218 e. The van der Waals surface area contributed by atoms with Gasteiger partial charge in [0.05, 0.1) is 0 Å². The molecule has 0 aromatic heterocycles. The van der Waals surface area contributed by atoms with Crippen LogP contribution in [0.15, 0.2) is 0 Å². The SMILES string of the molecule is CCC(CNC1CC1)N1CCSC(C)(C)CC1. The summed E-state index contributed by atoms with van der Waals surface area (Å²) in [6.07, 6.45) is 5.42. The quantitative estimate of drug-likeness (QED) is 0.814. The summed E-state index contributed by atoms with van der Waals surface area (Å²) in [5.41, 5.74) is 0. The second kappa shape index (κ2) is 5.94. The van der Waals surface area contributed by atoms with Gasteiger partial charge in [-0.15, -0.1) is 0 Å². The topological polar surface area (TPSA) is 15.3 Å². The van der Waals surface area contributed by atoms with E-state index in [9.17, 15) is 0 Å². The fourth-order valence-electron chi connectivity index (χ4n) is 2.52. The van der Waals surface area contributed by atoms with Crippen LogP contribution in [-0.4, -0.2) is 47.1 Å². The molecule has 1 aliphatic heterocycles. The van der Waals surface area contributed by atoms with Gasteiger partial charge in [0.15, 0.2) is 0 Å². The van der Waals surface area contributed by atoms with Crippen LogP contribution >= 0.6 is 11.8 Å². The molecule has 1 atom stereocenters. The zero-order valence-electron chi connectivity index (χ0n) is 11.7. The lowest BCUT2D eigenvalue weighted by Gasteiger charge is -2.30. The van der Waals surface area contributed by atoms with E-state index >= 15 is 0 Å². The molecule has 3 heteroatoms. The Bertz CT molecular complexity index is 238. The summed E-state index contributed by atoms with van der Waals surface area (Å²) in [6.45, 7) is 10.9. The number of hydrogen-bond acceptors (Lipinski definition) is 3. The summed E-state index contributed by atoms with van der Waals surface area (Å²) in [5, 5.41) is 3.70. The Kier molecular flexibility index (Phi) is 4.79. The van der Waals surface area contributed by atoms with E-state index in [1.807, 2.05) is 0 Å². The van der Waals surface area contributed by atoms with Crippen LogP contribution in [0, 0.1) is 0 Å². The molecular weight excluding hydrogens is 228 g/mol. The van der Waals surface area contributed by atoms with Gasteiger partial charge in [0.1, 0.15) is 0 Å². The van der Waals surface area contributed by atoms with Gasteiger partial charge in [-0.25, -0.2) is 0 Å². The molecule has 1 saturated heterocycles. The first-order valence-corrected chi connectivity index (χ1v) is 8.20. The third-order valence-corrected chi connectivity index (χ3v) is 5.45. The molecule has 2 nitrogen and oxygen atoms in total. The van der Waals surface area contributed by atoms with E-state index in [2.05, 4.69) is 42.7 Å². The fraction of sp³-hybridized carbons (Fsp3) is 1.00. The van der Waals surface area contributed by atoms with E-state index in [4.69, 9.17) is 0 Å². The summed E-state index contributed by atoms with van der Waals surface area (Å²) < 4.78 is 0.483. The number of hydrogen-bond donors (Lipinski definition) is 1. The van der Waals surface area contributed by atoms with Crippen molar-refractivity contribution in [3.63, 3.8) is 0 Å². The number of rotatable bonds is 5. The molecule has 17 heavy (non-hydrogen) atoms. The van der Waals surface area contributed by atoms with Crippen molar-refractivity contribution in [3.05, 3.63) is 0 Å². The van der Waals surface area contributed by atoms with Gasteiger partial charge in [-0.2, -0.15) is 11.8 Å². The van der Waals surface area contributed by atoms with Crippen LogP contribution in [-0.2, 0) is 0 Å². The van der Waals surface area contributed by atoms with E-state index in [0.717, 1.165) is 12.1 Å². The van der Waals surface area contributed by atoms with Crippen molar-refractivity contribution in [1.82, 2.24) is 10.2 Å². The first kappa shape index (κ1) is 13.7. The van der Waals surface area contributed by atoms with Gasteiger partial charge in [0.25, 0.3) is 0 Å². The van der Waals surface area contributed by atoms with Crippen LogP contribution in [0.1, 0.15) is 46.5 Å². The van der Waals surface area contributed by atoms with Crippen molar-refractivity contribution in [1.29, 1.82) is 0 Å². The molecule has 0 aromatic rings. The predicted molar refractivity (Wildman–Crippen MR) is 77.8 cm³/mol. The van der Waals surface area contributed by atoms with Crippen molar-refractivity contribution >= 4 is 11.8 Å². The van der Waals surface area contributed by atoms with Gasteiger partial charge in [0.2, 0.25) is 0 Å². The molecule has 100 valence electrons. The number of nitrogens with zero attached hydrogens (tertiary/aromatic N) is 1. The lowest BCUT2D eigenvalue weighted by atomic mass is 10.1. The minimum Gasteiger partial charge on any atom is -0.312 e. The van der Waals surface area contributed by atoms with Crippen LogP contribution < -0.4 is 5.32 Å². The van der Waals surface area contributed by atoms with E-state index < -0.39 is 0 Å². The van der Waals surface area contributed by atoms with Crippen LogP contribution in [0.2, 0.25) is 0 Å². The molecule has 1 N–H and O–H groups in total. The average Bonchev–Trinajstić information content (AvgIpc) is 3.09. The maximum atomic E-state index is 3.70. The normalized spacial score (nSPS) is 27.7. The number of nitrogens with one attached hydrogen (secondary N) is 1. The Morgan fingerprint density at radius 3 is 2.76 bits per heavy atom. The molecule has 2 fully saturated rings. The molecule has 0 aromatic carbocycles. The van der Waals surface area contributed by atoms with Gasteiger partial charge < -0.3 is 5.32 Å². The first-order valence-electron chi connectivity index (χ1n) is 7.22. The number of thioether (sulfide) groups is 1. The second-order valence-corrected chi connectivity index (χ2v) is 7.94. The molecule has 1 unspecified atom stereocenters. The molecule has 0 amide bonds. The zero-order chi connectivity index (χ0) is 12.3. The highest BCUT2D eigenvalue weighted by atomic mass is 32.2. The van der Waals surface area contributed by atoms with Crippen molar-refractivity contribution < 1.29 is 0 Å². The molecule has 1 heterocycles. The highest BCUT2D eigenvalue weighted by Gasteiger charge is 2.28. The Labute approximate surface area is 111 Å². The maximum Gasteiger partial charge on any atom is 0.0218 e. The summed E-state index contributed by atoms with van der Waals surface area (Å²) >= 11 is 2.15. The molecule has 2 rings (SSSR count). The summed E-state index contributed by atoms with van der Waals surface area (Å²) in [7, 11) is 0. The Morgan fingerprint density at radius 2 is 2.12 bits per heavy atom. The van der Waals surface area contributed by atoms with Crippen molar-refractivity contribution in [3.8, 4) is 0 Å². The first-order chi connectivity index (χ1) is 8.11. The molecule has 1 aliphatic carbocycles. The average molecular weight is 256 g/mol. The zero-order valence-corrected chi connectivity index (χ0v) is 12.5. The van der Waals surface area contributed by atoms with E-state index in [0.29, 0.717) is 4.75 Å². The van der Waals surface area contributed by atoms with Gasteiger partial charge in [0, 0.05) is 35.7 Å². The molecule has 1 saturated carbocycles. The second-order valence-electron chi connectivity index (χ2n) is 6.14. The minimum atomic E-state index is 0.483. The molecule has 0 bridgehead atoms. The highest BCUT2D eigenvalue weighted by molar-refractivity contribution is 8.00. The van der Waals surface area contributed by atoms with Gasteiger partial charge in [-0.1, -0.05) is 20.8 Å². The van der Waals surface area contributed by atoms with Gasteiger partial charge in [-0.3, -0.25) is 4.90 Å². The van der Waals surface area contributed by atoms with Crippen LogP contribution in [0.4, 0.5) is 0 Å². The highest BCUT2D eigenvalue weighted by Crippen LogP contribution is 2.31. The van der Waals surface area contributed by atoms with E-state index in [1.165, 1.54) is 51.1 Å². The molecular formula is C14H28N2S. The van der Waals surface area contributed by atoms with Crippen LogP contribution in [0.5, 0.6) is 0 Å². The van der Waals surface area contributed by atoms with Crippen molar-refractivity contribution in [2.75, 3.05) is 25.4 Å². The van der Waals surface area contributed by atoms with E-state index in [-0.39, 0.29) is 0 Å². The van der Waals surface area contributed by atoms with Crippen LogP contribution in [0.25, 0.3) is 0 Å². The lowest BCUT2D eigenvalue weighted by molar-refractivity contribution is 0.194. The minimum absolute atomic E-state index is 0.483. The summed E-state index contributed by atoms with van der Waals surface area (Å²) in [4.78, 5) is 2.72. The van der Waals surface area contributed by atoms with Crippen LogP contribution in [0.3, 0.4) is 0 Å². The Balaban J connectivity index is 1.80. The summed E-state index contributed by atoms with van der Waals surface area (Å²) in [5.74, 6) is 1.30. The molecule has 0 radical (unpaired) electrons. The lowest BCUT2D eigenvalue weighted by Crippen LogP contribution is -2.43. The van der Waals surface area contributed by atoms with E-state index in [1.54, 1.807) is 0 Å². The molecule has 2 aliphatic rings. The molecule has 0 spiro atoms. The third-order valence-electron chi connectivity index (χ3n) is 4.08. The summed E-state index contributed by atoms with van der Waals surface area (Å²) in [6, 6.07) is 1.60. The Morgan fingerprint density at radius 1 is 1.35 bits per heavy atom. The fourth-order valence-corrected chi connectivity index (χ4v) is 3.64. The van der Waals surface area contributed by atoms with Gasteiger partial charge >= 0.3 is 0 Å². The van der Waals surface area contributed by atoms with Gasteiger partial charge in [-0.05, 0) is 32.2 Å². The standard InChI is InChI=1S/C14H28N2S/c1-4-13(11-15-12-5-6-12)16-8-7-14(2,3)17-10-9-16/h12-13,15H,4-11H2,1-3H3. The predicted octanol–water partition coefficient (Wildman–Crippen LogP) is 2.73.